The summed E-state index contributed by atoms with van der Waals surface area (Å²) in [6, 6.07) is 5.78. The molecule has 5 heteroatoms. The number of nitrogens with zero attached hydrogens (tertiary/aromatic N) is 2. The zero-order chi connectivity index (χ0) is 13.9. The van der Waals surface area contributed by atoms with Crippen LogP contribution in [0.25, 0.3) is 0 Å². The molecule has 1 aromatic rings. The summed E-state index contributed by atoms with van der Waals surface area (Å²) in [6.45, 7) is 6.80. The summed E-state index contributed by atoms with van der Waals surface area (Å²) in [7, 11) is 0. The van der Waals surface area contributed by atoms with Crippen LogP contribution in [-0.4, -0.2) is 55.2 Å². The summed E-state index contributed by atoms with van der Waals surface area (Å²) >= 11 is 3.36. The SMILES string of the molecule is Fc1cc(Br)cc(CN2CCC(N3CCOCC3)C2)c1. The topological polar surface area (TPSA) is 15.7 Å². The van der Waals surface area contributed by atoms with Gasteiger partial charge in [0.1, 0.15) is 5.82 Å². The molecule has 3 rings (SSSR count). The highest BCUT2D eigenvalue weighted by Crippen LogP contribution is 2.21. The Bertz CT molecular complexity index is 445. The molecule has 0 radical (unpaired) electrons. The van der Waals surface area contributed by atoms with E-state index in [-0.39, 0.29) is 5.82 Å². The molecule has 0 bridgehead atoms. The van der Waals surface area contributed by atoms with E-state index in [0.29, 0.717) is 6.04 Å². The van der Waals surface area contributed by atoms with Crippen LogP contribution in [0.4, 0.5) is 4.39 Å². The van der Waals surface area contributed by atoms with Crippen molar-refractivity contribution in [3.63, 3.8) is 0 Å². The van der Waals surface area contributed by atoms with E-state index in [9.17, 15) is 4.39 Å². The first-order valence-electron chi connectivity index (χ1n) is 7.20. The molecule has 0 aliphatic carbocycles. The summed E-state index contributed by atoms with van der Waals surface area (Å²) in [5.74, 6) is -0.168. The number of hydrogen-bond donors (Lipinski definition) is 0. The van der Waals surface area contributed by atoms with Crippen molar-refractivity contribution in [2.45, 2.75) is 19.0 Å². The minimum Gasteiger partial charge on any atom is -0.379 e. The highest BCUT2D eigenvalue weighted by atomic mass is 79.9. The summed E-state index contributed by atoms with van der Waals surface area (Å²) in [4.78, 5) is 4.95. The molecular weight excluding hydrogens is 323 g/mol. The van der Waals surface area contributed by atoms with Crippen LogP contribution in [0.1, 0.15) is 12.0 Å². The standard InChI is InChI=1S/C15H20BrFN2O/c16-13-7-12(8-14(17)9-13)10-18-2-1-15(11-18)19-3-5-20-6-4-19/h7-9,15H,1-6,10-11H2. The molecule has 110 valence electrons. The van der Waals surface area contributed by atoms with Gasteiger partial charge in [0, 0.05) is 43.2 Å². The number of ether oxygens (including phenoxy) is 1. The molecule has 1 unspecified atom stereocenters. The molecule has 2 aliphatic rings. The first kappa shape index (κ1) is 14.4. The van der Waals surface area contributed by atoms with Crippen molar-refractivity contribution in [1.29, 1.82) is 0 Å². The van der Waals surface area contributed by atoms with Crippen LogP contribution in [0.15, 0.2) is 22.7 Å². The van der Waals surface area contributed by atoms with Crippen LogP contribution >= 0.6 is 15.9 Å². The van der Waals surface area contributed by atoms with Gasteiger partial charge in [0.15, 0.2) is 0 Å². The van der Waals surface area contributed by atoms with E-state index >= 15 is 0 Å². The van der Waals surface area contributed by atoms with Gasteiger partial charge in [0.05, 0.1) is 13.2 Å². The van der Waals surface area contributed by atoms with E-state index in [1.54, 1.807) is 6.07 Å². The zero-order valence-electron chi connectivity index (χ0n) is 11.5. The Balaban J connectivity index is 1.57. The van der Waals surface area contributed by atoms with Crippen LogP contribution in [0.3, 0.4) is 0 Å². The smallest absolute Gasteiger partial charge is 0.124 e. The first-order valence-corrected chi connectivity index (χ1v) is 7.99. The minimum atomic E-state index is -0.168. The lowest BCUT2D eigenvalue weighted by Gasteiger charge is -2.32. The number of morpholine rings is 1. The van der Waals surface area contributed by atoms with Crippen LogP contribution < -0.4 is 0 Å². The van der Waals surface area contributed by atoms with Crippen molar-refractivity contribution < 1.29 is 9.13 Å². The van der Waals surface area contributed by atoms with E-state index in [0.717, 1.165) is 56.0 Å². The largest absolute Gasteiger partial charge is 0.379 e. The van der Waals surface area contributed by atoms with E-state index in [1.807, 2.05) is 6.07 Å². The normalized spacial score (nSPS) is 25.2. The van der Waals surface area contributed by atoms with Crippen LogP contribution in [0, 0.1) is 5.82 Å². The minimum absolute atomic E-state index is 0.168. The van der Waals surface area contributed by atoms with Gasteiger partial charge in [-0.05, 0) is 30.2 Å². The lowest BCUT2D eigenvalue weighted by molar-refractivity contribution is 0.0184. The third kappa shape index (κ3) is 3.58. The van der Waals surface area contributed by atoms with Crippen LogP contribution in [0.2, 0.25) is 0 Å². The molecule has 0 N–H and O–H groups in total. The Kier molecular flexibility index (Phi) is 4.71. The maximum Gasteiger partial charge on any atom is 0.124 e. The Labute approximate surface area is 127 Å². The van der Waals surface area contributed by atoms with E-state index in [4.69, 9.17) is 4.74 Å². The van der Waals surface area contributed by atoms with Gasteiger partial charge < -0.3 is 4.74 Å². The molecule has 3 nitrogen and oxygen atoms in total. The van der Waals surface area contributed by atoms with Crippen LogP contribution in [-0.2, 0) is 11.3 Å². The van der Waals surface area contributed by atoms with E-state index in [1.165, 1.54) is 12.5 Å². The summed E-state index contributed by atoms with van der Waals surface area (Å²) in [5.41, 5.74) is 1.04. The fraction of sp³-hybridized carbons (Fsp3) is 0.600. The number of rotatable bonds is 3. The Hall–Kier alpha value is -0.490. The second kappa shape index (κ2) is 6.52. The van der Waals surface area contributed by atoms with Gasteiger partial charge in [0.2, 0.25) is 0 Å². The molecule has 0 amide bonds. The second-order valence-corrected chi connectivity index (χ2v) is 6.52. The molecule has 2 aliphatic heterocycles. The maximum atomic E-state index is 13.4. The first-order chi connectivity index (χ1) is 9.70. The summed E-state index contributed by atoms with van der Waals surface area (Å²) in [5, 5.41) is 0. The van der Waals surface area contributed by atoms with E-state index in [2.05, 4.69) is 25.7 Å². The molecule has 0 spiro atoms. The Morgan fingerprint density at radius 1 is 1.20 bits per heavy atom. The highest BCUT2D eigenvalue weighted by molar-refractivity contribution is 9.10. The second-order valence-electron chi connectivity index (χ2n) is 5.60. The molecular formula is C15H20BrFN2O. The van der Waals surface area contributed by atoms with Crippen molar-refractivity contribution in [3.8, 4) is 0 Å². The van der Waals surface area contributed by atoms with Crippen molar-refractivity contribution in [2.75, 3.05) is 39.4 Å². The molecule has 2 heterocycles. The molecule has 2 fully saturated rings. The van der Waals surface area contributed by atoms with Gasteiger partial charge in [-0.2, -0.15) is 0 Å². The molecule has 0 saturated carbocycles. The van der Waals surface area contributed by atoms with E-state index < -0.39 is 0 Å². The average Bonchev–Trinajstić information content (AvgIpc) is 2.87. The van der Waals surface area contributed by atoms with Gasteiger partial charge in [-0.15, -0.1) is 0 Å². The zero-order valence-corrected chi connectivity index (χ0v) is 13.1. The number of hydrogen-bond acceptors (Lipinski definition) is 3. The number of benzene rings is 1. The van der Waals surface area contributed by atoms with Crippen molar-refractivity contribution >= 4 is 15.9 Å². The Morgan fingerprint density at radius 2 is 2.00 bits per heavy atom. The van der Waals surface area contributed by atoms with Crippen molar-refractivity contribution in [1.82, 2.24) is 9.80 Å². The maximum absolute atomic E-state index is 13.4. The lowest BCUT2D eigenvalue weighted by Crippen LogP contribution is -2.44. The molecule has 1 atom stereocenters. The van der Waals surface area contributed by atoms with Gasteiger partial charge in [-0.1, -0.05) is 15.9 Å². The highest BCUT2D eigenvalue weighted by Gasteiger charge is 2.28. The molecule has 0 aromatic heterocycles. The summed E-state index contributed by atoms with van der Waals surface area (Å²) < 4.78 is 19.6. The van der Waals surface area contributed by atoms with Gasteiger partial charge >= 0.3 is 0 Å². The Morgan fingerprint density at radius 3 is 2.75 bits per heavy atom. The van der Waals surface area contributed by atoms with Gasteiger partial charge in [-0.25, -0.2) is 4.39 Å². The molecule has 1 aromatic carbocycles. The quantitative estimate of drug-likeness (QED) is 0.839. The van der Waals surface area contributed by atoms with Crippen molar-refractivity contribution in [3.05, 3.63) is 34.1 Å². The predicted octanol–water partition coefficient (Wildman–Crippen LogP) is 2.49. The third-order valence-corrected chi connectivity index (χ3v) is 4.60. The average molecular weight is 343 g/mol. The fourth-order valence-corrected chi connectivity index (χ4v) is 3.67. The van der Waals surface area contributed by atoms with Crippen LogP contribution in [0.5, 0.6) is 0 Å². The fourth-order valence-electron chi connectivity index (χ4n) is 3.16. The van der Waals surface area contributed by atoms with Crippen molar-refractivity contribution in [2.24, 2.45) is 0 Å². The third-order valence-electron chi connectivity index (χ3n) is 4.14. The molecule has 2 saturated heterocycles. The lowest BCUT2D eigenvalue weighted by atomic mass is 10.2. The predicted molar refractivity (Wildman–Crippen MR) is 80.2 cm³/mol. The number of likely N-dealkylation sites (tertiary alicyclic amines) is 1. The molecule has 20 heavy (non-hydrogen) atoms. The summed E-state index contributed by atoms with van der Waals surface area (Å²) in [6.07, 6.45) is 1.20. The monoisotopic (exact) mass is 342 g/mol. The van der Waals surface area contributed by atoms with Gasteiger partial charge in [0.25, 0.3) is 0 Å². The number of halogens is 2. The van der Waals surface area contributed by atoms with Gasteiger partial charge in [-0.3, -0.25) is 9.80 Å².